The SMILES string of the molecule is CCCCCCCCCCCCCC(=S)NCCC[P+](=O)O. The normalized spacial score (nSPS) is 11.5. The molecule has 0 fully saturated rings. The summed E-state index contributed by atoms with van der Waals surface area (Å²) in [5, 5.41) is 3.17. The van der Waals surface area contributed by atoms with Crippen molar-refractivity contribution in [1.29, 1.82) is 0 Å². The average Bonchev–Trinajstić information content (AvgIpc) is 2.49. The van der Waals surface area contributed by atoms with Crippen LogP contribution in [0.25, 0.3) is 0 Å². The highest BCUT2D eigenvalue weighted by atomic mass is 32.1. The van der Waals surface area contributed by atoms with Gasteiger partial charge >= 0.3 is 8.03 Å². The minimum absolute atomic E-state index is 0.364. The number of unbranched alkanes of at least 4 members (excludes halogenated alkanes) is 10. The van der Waals surface area contributed by atoms with E-state index >= 15 is 0 Å². The summed E-state index contributed by atoms with van der Waals surface area (Å²) in [5.41, 5.74) is 0. The quantitative estimate of drug-likeness (QED) is 0.212. The van der Waals surface area contributed by atoms with E-state index in [1.54, 1.807) is 0 Å². The van der Waals surface area contributed by atoms with Crippen molar-refractivity contribution in [3.05, 3.63) is 0 Å². The number of rotatable bonds is 16. The topological polar surface area (TPSA) is 49.3 Å². The molecule has 0 amide bonds. The molecule has 0 spiro atoms. The first kappa shape index (κ1) is 21.9. The van der Waals surface area contributed by atoms with Crippen LogP contribution in [0.15, 0.2) is 0 Å². The van der Waals surface area contributed by atoms with Gasteiger partial charge in [-0.25, -0.2) is 0 Å². The van der Waals surface area contributed by atoms with Crippen molar-refractivity contribution in [2.24, 2.45) is 0 Å². The largest absolute Gasteiger partial charge is 0.505 e. The Kier molecular flexibility index (Phi) is 17.3. The van der Waals surface area contributed by atoms with Crippen molar-refractivity contribution in [3.8, 4) is 0 Å². The zero-order chi connectivity index (χ0) is 16.5. The van der Waals surface area contributed by atoms with Crippen LogP contribution in [0.2, 0.25) is 0 Å². The Bertz CT molecular complexity index is 288. The standard InChI is InChI=1S/C17H34NO2PS/c1-2-3-4-5-6-7-8-9-10-11-12-14-17(22)18-15-13-16-21(19)20/h2-16H2,1H3,(H-,18,19,20,22)/p+1. The maximum absolute atomic E-state index is 10.5. The van der Waals surface area contributed by atoms with Gasteiger partial charge in [-0.3, -0.25) is 0 Å². The van der Waals surface area contributed by atoms with Crippen LogP contribution in [-0.2, 0) is 4.57 Å². The van der Waals surface area contributed by atoms with Crippen LogP contribution in [0, 0.1) is 0 Å². The second-order valence-corrected chi connectivity index (χ2v) is 7.71. The zero-order valence-electron chi connectivity index (χ0n) is 14.3. The summed E-state index contributed by atoms with van der Waals surface area (Å²) in [5.74, 6) is 0. The van der Waals surface area contributed by atoms with E-state index in [1.807, 2.05) is 0 Å². The lowest BCUT2D eigenvalue weighted by Crippen LogP contribution is -2.22. The van der Waals surface area contributed by atoms with E-state index in [2.05, 4.69) is 12.2 Å². The molecule has 0 rings (SSSR count). The maximum Gasteiger partial charge on any atom is 0.505 e. The third-order valence-corrected chi connectivity index (χ3v) is 4.90. The molecule has 1 atom stereocenters. The van der Waals surface area contributed by atoms with E-state index in [-0.39, 0.29) is 0 Å². The molecule has 0 aliphatic heterocycles. The highest BCUT2D eigenvalue weighted by Crippen LogP contribution is 2.13. The number of hydrogen-bond acceptors (Lipinski definition) is 2. The fourth-order valence-electron chi connectivity index (χ4n) is 2.48. The van der Waals surface area contributed by atoms with Crippen LogP contribution in [0.1, 0.15) is 90.4 Å². The Morgan fingerprint density at radius 2 is 1.41 bits per heavy atom. The molecular formula is C17H35NO2PS+. The summed E-state index contributed by atoms with van der Waals surface area (Å²) in [7, 11) is -1.99. The molecule has 0 aliphatic carbocycles. The lowest BCUT2D eigenvalue weighted by molar-refractivity contribution is 0.501. The van der Waals surface area contributed by atoms with Crippen molar-refractivity contribution in [2.45, 2.75) is 90.4 Å². The van der Waals surface area contributed by atoms with Crippen LogP contribution < -0.4 is 5.32 Å². The zero-order valence-corrected chi connectivity index (χ0v) is 16.0. The maximum atomic E-state index is 10.5. The smallest absolute Gasteiger partial charge is 0.379 e. The third kappa shape index (κ3) is 18.0. The summed E-state index contributed by atoms with van der Waals surface area (Å²) < 4.78 is 10.5. The summed E-state index contributed by atoms with van der Waals surface area (Å²) in [6, 6.07) is 0. The molecular weight excluding hydrogens is 313 g/mol. The predicted octanol–water partition coefficient (Wildman–Crippen LogP) is 5.73. The molecule has 130 valence electrons. The van der Waals surface area contributed by atoms with Gasteiger partial charge in [0.1, 0.15) is 0 Å². The Labute approximate surface area is 143 Å². The van der Waals surface area contributed by atoms with Crippen molar-refractivity contribution in [1.82, 2.24) is 5.32 Å². The van der Waals surface area contributed by atoms with Gasteiger partial charge in [-0.05, 0) is 17.4 Å². The van der Waals surface area contributed by atoms with Gasteiger partial charge in [-0.2, -0.15) is 4.89 Å². The monoisotopic (exact) mass is 348 g/mol. The van der Waals surface area contributed by atoms with Gasteiger partial charge < -0.3 is 5.32 Å². The van der Waals surface area contributed by atoms with Gasteiger partial charge in [0.05, 0.1) is 4.99 Å². The number of nitrogens with one attached hydrogen (secondary N) is 1. The third-order valence-electron chi connectivity index (χ3n) is 3.86. The highest BCUT2D eigenvalue weighted by Gasteiger charge is 2.08. The van der Waals surface area contributed by atoms with Gasteiger partial charge in [-0.1, -0.05) is 83.3 Å². The summed E-state index contributed by atoms with van der Waals surface area (Å²) >= 11 is 5.26. The van der Waals surface area contributed by atoms with Gasteiger partial charge in [0.2, 0.25) is 0 Å². The van der Waals surface area contributed by atoms with Crippen LogP contribution in [0.3, 0.4) is 0 Å². The highest BCUT2D eigenvalue weighted by molar-refractivity contribution is 7.80. The van der Waals surface area contributed by atoms with Crippen molar-refractivity contribution in [3.63, 3.8) is 0 Å². The lowest BCUT2D eigenvalue weighted by Gasteiger charge is -2.06. The number of thiocarbonyl (C=S) groups is 1. The van der Waals surface area contributed by atoms with E-state index in [9.17, 15) is 4.57 Å². The van der Waals surface area contributed by atoms with E-state index in [0.29, 0.717) is 12.6 Å². The second kappa shape index (κ2) is 17.3. The molecule has 0 bridgehead atoms. The molecule has 0 heterocycles. The number of hydrogen-bond donors (Lipinski definition) is 2. The van der Waals surface area contributed by atoms with Crippen molar-refractivity contribution < 1.29 is 9.46 Å². The Morgan fingerprint density at radius 3 is 1.91 bits per heavy atom. The average molecular weight is 349 g/mol. The summed E-state index contributed by atoms with van der Waals surface area (Å²) in [6.07, 6.45) is 16.9. The molecule has 0 saturated carbocycles. The minimum atomic E-state index is -1.99. The minimum Gasteiger partial charge on any atom is -0.379 e. The second-order valence-electron chi connectivity index (χ2n) is 6.06. The molecule has 22 heavy (non-hydrogen) atoms. The van der Waals surface area contributed by atoms with Crippen LogP contribution in [0.5, 0.6) is 0 Å². The molecule has 0 aromatic rings. The van der Waals surface area contributed by atoms with Crippen LogP contribution in [-0.4, -0.2) is 22.6 Å². The molecule has 0 aromatic heterocycles. The summed E-state index contributed by atoms with van der Waals surface area (Å²) in [4.78, 5) is 9.59. The van der Waals surface area contributed by atoms with Gasteiger partial charge in [0.15, 0.2) is 6.16 Å². The molecule has 0 saturated heterocycles. The molecule has 3 nitrogen and oxygen atoms in total. The fraction of sp³-hybridized carbons (Fsp3) is 0.941. The van der Waals surface area contributed by atoms with Crippen molar-refractivity contribution in [2.75, 3.05) is 12.7 Å². The molecule has 0 radical (unpaired) electrons. The van der Waals surface area contributed by atoms with E-state index in [4.69, 9.17) is 17.1 Å². The first-order valence-corrected chi connectivity index (χ1v) is 10.9. The lowest BCUT2D eigenvalue weighted by atomic mass is 10.1. The predicted molar refractivity (Wildman–Crippen MR) is 101 cm³/mol. The Morgan fingerprint density at radius 1 is 0.909 bits per heavy atom. The molecule has 1 unspecified atom stereocenters. The van der Waals surface area contributed by atoms with E-state index < -0.39 is 8.03 Å². The van der Waals surface area contributed by atoms with Crippen LogP contribution in [0.4, 0.5) is 0 Å². The molecule has 2 N–H and O–H groups in total. The van der Waals surface area contributed by atoms with E-state index in [1.165, 1.54) is 64.2 Å². The van der Waals surface area contributed by atoms with Crippen molar-refractivity contribution >= 4 is 25.2 Å². The van der Waals surface area contributed by atoms with E-state index in [0.717, 1.165) is 24.4 Å². The fourth-order valence-corrected chi connectivity index (χ4v) is 3.16. The molecule has 5 heteroatoms. The first-order valence-electron chi connectivity index (χ1n) is 9.07. The molecule has 0 aliphatic rings. The molecule has 0 aromatic carbocycles. The Hall–Kier alpha value is -0.0500. The van der Waals surface area contributed by atoms with Gasteiger partial charge in [0, 0.05) is 13.0 Å². The Balaban J connectivity index is 3.15. The van der Waals surface area contributed by atoms with Gasteiger partial charge in [-0.15, -0.1) is 0 Å². The van der Waals surface area contributed by atoms with Gasteiger partial charge in [0.25, 0.3) is 0 Å². The van der Waals surface area contributed by atoms with Crippen LogP contribution >= 0.6 is 20.2 Å². The summed E-state index contributed by atoms with van der Waals surface area (Å²) in [6.45, 7) is 2.98. The first-order chi connectivity index (χ1) is 10.7.